The normalized spacial score (nSPS) is 12.3. The minimum absolute atomic E-state index is 0.111. The zero-order chi connectivity index (χ0) is 15.6. The van der Waals surface area contributed by atoms with Crippen molar-refractivity contribution in [3.63, 3.8) is 0 Å². The van der Waals surface area contributed by atoms with E-state index < -0.39 is 23.5 Å². The van der Waals surface area contributed by atoms with Gasteiger partial charge in [0.1, 0.15) is 23.2 Å². The SMILES string of the molecule is COc1ccc(F)cc1C(NN)c1cc(C)c(F)cc1F. The maximum atomic E-state index is 14.0. The van der Waals surface area contributed by atoms with Crippen LogP contribution in [0.2, 0.25) is 0 Å². The highest BCUT2D eigenvalue weighted by Crippen LogP contribution is 2.32. The van der Waals surface area contributed by atoms with Crippen LogP contribution >= 0.6 is 0 Å². The third-order valence-electron chi connectivity index (χ3n) is 3.26. The Hall–Kier alpha value is -2.05. The van der Waals surface area contributed by atoms with Crippen molar-refractivity contribution in [2.45, 2.75) is 13.0 Å². The molecule has 2 rings (SSSR count). The smallest absolute Gasteiger partial charge is 0.131 e. The van der Waals surface area contributed by atoms with Crippen LogP contribution in [0.25, 0.3) is 0 Å². The Bertz CT molecular complexity index is 662. The van der Waals surface area contributed by atoms with E-state index in [1.54, 1.807) is 0 Å². The van der Waals surface area contributed by atoms with E-state index >= 15 is 0 Å². The van der Waals surface area contributed by atoms with Gasteiger partial charge in [-0.05, 0) is 36.8 Å². The Morgan fingerprint density at radius 2 is 1.76 bits per heavy atom. The van der Waals surface area contributed by atoms with Crippen molar-refractivity contribution in [2.75, 3.05) is 7.11 Å². The van der Waals surface area contributed by atoms with Gasteiger partial charge in [-0.25, -0.2) is 18.6 Å². The molecule has 0 amide bonds. The van der Waals surface area contributed by atoms with Gasteiger partial charge < -0.3 is 4.74 Å². The Labute approximate surface area is 120 Å². The first-order chi connectivity index (χ1) is 9.97. The summed E-state index contributed by atoms with van der Waals surface area (Å²) in [5.74, 6) is 3.89. The van der Waals surface area contributed by atoms with Crippen molar-refractivity contribution in [1.29, 1.82) is 0 Å². The quantitative estimate of drug-likeness (QED) is 0.673. The number of methoxy groups -OCH3 is 1. The molecule has 2 aromatic rings. The predicted octanol–water partition coefficient (Wildman–Crippen LogP) is 2.97. The van der Waals surface area contributed by atoms with Gasteiger partial charge in [0.2, 0.25) is 0 Å². The Morgan fingerprint density at radius 1 is 1.05 bits per heavy atom. The average molecular weight is 296 g/mol. The number of nitrogens with two attached hydrogens (primary N) is 1. The summed E-state index contributed by atoms with van der Waals surface area (Å²) in [5.41, 5.74) is 3.12. The molecule has 21 heavy (non-hydrogen) atoms. The fourth-order valence-electron chi connectivity index (χ4n) is 2.18. The minimum Gasteiger partial charge on any atom is -0.496 e. The number of hydrogen-bond donors (Lipinski definition) is 2. The molecule has 0 aliphatic rings. The number of ether oxygens (including phenoxy) is 1. The fourth-order valence-corrected chi connectivity index (χ4v) is 2.18. The van der Waals surface area contributed by atoms with Crippen LogP contribution in [-0.4, -0.2) is 7.11 Å². The number of rotatable bonds is 4. The second-order valence-corrected chi connectivity index (χ2v) is 4.61. The molecular formula is C15H15F3N2O. The fraction of sp³-hybridized carbons (Fsp3) is 0.200. The average Bonchev–Trinajstić information content (AvgIpc) is 2.45. The largest absolute Gasteiger partial charge is 0.496 e. The van der Waals surface area contributed by atoms with Gasteiger partial charge in [-0.2, -0.15) is 0 Å². The molecule has 0 heterocycles. The van der Waals surface area contributed by atoms with Crippen molar-refractivity contribution < 1.29 is 17.9 Å². The topological polar surface area (TPSA) is 47.3 Å². The molecule has 0 radical (unpaired) electrons. The molecule has 1 unspecified atom stereocenters. The second-order valence-electron chi connectivity index (χ2n) is 4.61. The van der Waals surface area contributed by atoms with Gasteiger partial charge in [-0.15, -0.1) is 0 Å². The molecule has 3 N–H and O–H groups in total. The molecule has 6 heteroatoms. The number of hydrogen-bond acceptors (Lipinski definition) is 3. The molecule has 0 aliphatic heterocycles. The first-order valence-electron chi connectivity index (χ1n) is 6.23. The van der Waals surface area contributed by atoms with Crippen LogP contribution in [0, 0.1) is 24.4 Å². The first kappa shape index (κ1) is 15.3. The monoisotopic (exact) mass is 296 g/mol. The third-order valence-corrected chi connectivity index (χ3v) is 3.26. The molecular weight excluding hydrogens is 281 g/mol. The zero-order valence-electron chi connectivity index (χ0n) is 11.6. The van der Waals surface area contributed by atoms with Crippen LogP contribution in [0.3, 0.4) is 0 Å². The molecule has 0 aromatic heterocycles. The van der Waals surface area contributed by atoms with E-state index in [1.165, 1.54) is 38.3 Å². The number of aryl methyl sites for hydroxylation is 1. The summed E-state index contributed by atoms with van der Waals surface area (Å²) in [6, 6.07) is 5.09. The maximum absolute atomic E-state index is 14.0. The Kier molecular flexibility index (Phi) is 4.50. The lowest BCUT2D eigenvalue weighted by Gasteiger charge is -2.20. The molecule has 0 spiro atoms. The number of halogens is 3. The van der Waals surface area contributed by atoms with Gasteiger partial charge in [-0.1, -0.05) is 0 Å². The van der Waals surface area contributed by atoms with E-state index in [0.717, 1.165) is 6.07 Å². The van der Waals surface area contributed by atoms with E-state index in [2.05, 4.69) is 5.43 Å². The standard InChI is InChI=1S/C15H15F3N2O/c1-8-5-10(13(18)7-12(8)17)15(20-19)11-6-9(16)3-4-14(11)21-2/h3-7,15,20H,19H2,1-2H3. The molecule has 0 bridgehead atoms. The molecule has 112 valence electrons. The summed E-state index contributed by atoms with van der Waals surface area (Å²) in [4.78, 5) is 0. The van der Waals surface area contributed by atoms with Crippen molar-refractivity contribution in [3.8, 4) is 5.75 Å². The molecule has 0 saturated carbocycles. The third kappa shape index (κ3) is 3.01. The van der Waals surface area contributed by atoms with Crippen LogP contribution in [0.4, 0.5) is 13.2 Å². The molecule has 3 nitrogen and oxygen atoms in total. The van der Waals surface area contributed by atoms with Crippen molar-refractivity contribution in [2.24, 2.45) is 5.84 Å². The number of hydrazine groups is 1. The predicted molar refractivity (Wildman–Crippen MR) is 73.2 cm³/mol. The van der Waals surface area contributed by atoms with E-state index in [1.807, 2.05) is 0 Å². The van der Waals surface area contributed by atoms with E-state index in [4.69, 9.17) is 10.6 Å². The molecule has 0 aliphatic carbocycles. The molecule has 2 aromatic carbocycles. The van der Waals surface area contributed by atoms with Gasteiger partial charge in [0, 0.05) is 17.2 Å². The summed E-state index contributed by atoms with van der Waals surface area (Å²) in [6.45, 7) is 1.51. The van der Waals surface area contributed by atoms with E-state index in [0.29, 0.717) is 11.3 Å². The van der Waals surface area contributed by atoms with E-state index in [9.17, 15) is 13.2 Å². The summed E-state index contributed by atoms with van der Waals surface area (Å²) >= 11 is 0. The highest BCUT2D eigenvalue weighted by atomic mass is 19.1. The molecule has 0 fully saturated rings. The van der Waals surface area contributed by atoms with Gasteiger partial charge in [-0.3, -0.25) is 5.84 Å². The Morgan fingerprint density at radius 3 is 2.38 bits per heavy atom. The lowest BCUT2D eigenvalue weighted by atomic mass is 9.96. The second kappa shape index (κ2) is 6.15. The maximum Gasteiger partial charge on any atom is 0.131 e. The summed E-state index contributed by atoms with van der Waals surface area (Å²) < 4.78 is 46.0. The molecule has 1 atom stereocenters. The summed E-state index contributed by atoms with van der Waals surface area (Å²) in [6.07, 6.45) is 0. The van der Waals surface area contributed by atoms with Gasteiger partial charge in [0.15, 0.2) is 0 Å². The van der Waals surface area contributed by atoms with Crippen molar-refractivity contribution in [3.05, 3.63) is 64.5 Å². The zero-order valence-corrected chi connectivity index (χ0v) is 11.6. The van der Waals surface area contributed by atoms with Crippen molar-refractivity contribution in [1.82, 2.24) is 5.43 Å². The highest BCUT2D eigenvalue weighted by Gasteiger charge is 2.22. The van der Waals surface area contributed by atoms with Crippen molar-refractivity contribution >= 4 is 0 Å². The highest BCUT2D eigenvalue weighted by molar-refractivity contribution is 5.43. The van der Waals surface area contributed by atoms with Crippen LogP contribution in [0.1, 0.15) is 22.7 Å². The van der Waals surface area contributed by atoms with Gasteiger partial charge in [0.05, 0.1) is 13.2 Å². The van der Waals surface area contributed by atoms with Crippen LogP contribution < -0.4 is 16.0 Å². The summed E-state index contributed by atoms with van der Waals surface area (Å²) in [5, 5.41) is 0. The van der Waals surface area contributed by atoms with Gasteiger partial charge >= 0.3 is 0 Å². The summed E-state index contributed by atoms with van der Waals surface area (Å²) in [7, 11) is 1.41. The lowest BCUT2D eigenvalue weighted by Crippen LogP contribution is -2.30. The number of benzene rings is 2. The van der Waals surface area contributed by atoms with Crippen LogP contribution in [0.15, 0.2) is 30.3 Å². The van der Waals surface area contributed by atoms with Gasteiger partial charge in [0.25, 0.3) is 0 Å². The first-order valence-corrected chi connectivity index (χ1v) is 6.23. The Balaban J connectivity index is 2.59. The number of nitrogens with one attached hydrogen (secondary N) is 1. The lowest BCUT2D eigenvalue weighted by molar-refractivity contribution is 0.401. The molecule has 0 saturated heterocycles. The van der Waals surface area contributed by atoms with Crippen LogP contribution in [0.5, 0.6) is 5.75 Å². The van der Waals surface area contributed by atoms with Crippen LogP contribution in [-0.2, 0) is 0 Å². The minimum atomic E-state index is -0.866. The van der Waals surface area contributed by atoms with E-state index in [-0.39, 0.29) is 11.1 Å².